The maximum Gasteiger partial charge on any atom is 0.422 e. The second kappa shape index (κ2) is 4.74. The Morgan fingerprint density at radius 1 is 1.47 bits per heavy atom. The molecule has 7 heteroatoms. The molecule has 1 rings (SSSR count). The van der Waals surface area contributed by atoms with E-state index in [1.165, 1.54) is 6.07 Å². The first-order chi connectivity index (χ1) is 7.83. The number of hydrogen-bond acceptors (Lipinski definition) is 3. The molecule has 4 nitrogen and oxygen atoms in total. The Hall–Kier alpha value is -2.23. The van der Waals surface area contributed by atoms with E-state index in [1.807, 2.05) is 0 Å². The van der Waals surface area contributed by atoms with E-state index in [-0.39, 0.29) is 5.56 Å². The molecule has 0 spiro atoms. The van der Waals surface area contributed by atoms with E-state index < -0.39 is 29.1 Å². The lowest BCUT2D eigenvalue weighted by Crippen LogP contribution is -2.19. The molecule has 17 heavy (non-hydrogen) atoms. The summed E-state index contributed by atoms with van der Waals surface area (Å²) in [4.78, 5) is 9.70. The van der Waals surface area contributed by atoms with E-state index in [0.29, 0.717) is 0 Å². The van der Waals surface area contributed by atoms with Crippen molar-refractivity contribution in [3.05, 3.63) is 33.9 Å². The third kappa shape index (κ3) is 3.68. The van der Waals surface area contributed by atoms with Crippen LogP contribution >= 0.6 is 0 Å². The smallest absolute Gasteiger partial charge is 0.422 e. The maximum absolute atomic E-state index is 11.9. The summed E-state index contributed by atoms with van der Waals surface area (Å²) in [5.41, 5.74) is -0.360. The van der Waals surface area contributed by atoms with Crippen molar-refractivity contribution in [3.8, 4) is 18.1 Å². The minimum absolute atomic E-state index is 0.202. The largest absolute Gasteiger partial charge is 0.477 e. The van der Waals surface area contributed by atoms with Gasteiger partial charge in [-0.15, -0.1) is 6.42 Å². The highest BCUT2D eigenvalue weighted by molar-refractivity contribution is 5.52. The van der Waals surface area contributed by atoms with Gasteiger partial charge in [-0.25, -0.2) is 0 Å². The Morgan fingerprint density at radius 2 is 2.12 bits per heavy atom. The molecule has 1 aromatic rings. The molecule has 1 aromatic carbocycles. The summed E-state index contributed by atoms with van der Waals surface area (Å²) in [5.74, 6) is 1.65. The van der Waals surface area contributed by atoms with Gasteiger partial charge < -0.3 is 4.74 Å². The zero-order chi connectivity index (χ0) is 13.1. The number of hydrogen-bond donors (Lipinski definition) is 0. The standard InChI is InChI=1S/C10H6F3NO3/c1-2-7-3-4-8(14(15)16)9(5-7)17-6-10(11,12)13/h1,3-5H,6H2. The van der Waals surface area contributed by atoms with Gasteiger partial charge in [0.2, 0.25) is 0 Å². The lowest BCUT2D eigenvalue weighted by molar-refractivity contribution is -0.386. The van der Waals surface area contributed by atoms with Crippen LogP contribution in [0.15, 0.2) is 18.2 Å². The summed E-state index contributed by atoms with van der Waals surface area (Å²) in [5, 5.41) is 10.5. The number of ether oxygens (including phenoxy) is 1. The van der Waals surface area contributed by atoms with E-state index in [2.05, 4.69) is 10.7 Å². The SMILES string of the molecule is C#Cc1ccc([N+](=O)[O-])c(OCC(F)(F)F)c1. The van der Waals surface area contributed by atoms with Gasteiger partial charge in [-0.05, 0) is 6.07 Å². The highest BCUT2D eigenvalue weighted by atomic mass is 19.4. The first-order valence-electron chi connectivity index (χ1n) is 4.28. The molecule has 0 saturated carbocycles. The van der Waals surface area contributed by atoms with Crippen molar-refractivity contribution < 1.29 is 22.8 Å². The van der Waals surface area contributed by atoms with E-state index in [4.69, 9.17) is 6.42 Å². The number of rotatable bonds is 3. The molecule has 0 N–H and O–H groups in total. The molecule has 0 aromatic heterocycles. The van der Waals surface area contributed by atoms with Crippen molar-refractivity contribution in [2.24, 2.45) is 0 Å². The molecule has 0 saturated heterocycles. The zero-order valence-electron chi connectivity index (χ0n) is 8.32. The van der Waals surface area contributed by atoms with Gasteiger partial charge in [-0.3, -0.25) is 10.1 Å². The Labute approximate surface area is 94.2 Å². The van der Waals surface area contributed by atoms with Crippen LogP contribution < -0.4 is 4.74 Å². The second-order valence-electron chi connectivity index (χ2n) is 2.99. The van der Waals surface area contributed by atoms with Gasteiger partial charge in [0.25, 0.3) is 0 Å². The van der Waals surface area contributed by atoms with E-state index in [0.717, 1.165) is 12.1 Å². The van der Waals surface area contributed by atoms with Crippen molar-refractivity contribution in [3.63, 3.8) is 0 Å². The molecule has 0 atom stereocenters. The monoisotopic (exact) mass is 245 g/mol. The van der Waals surface area contributed by atoms with Crippen molar-refractivity contribution in [2.45, 2.75) is 6.18 Å². The van der Waals surface area contributed by atoms with Crippen molar-refractivity contribution in [1.82, 2.24) is 0 Å². The second-order valence-corrected chi connectivity index (χ2v) is 2.99. The first-order valence-corrected chi connectivity index (χ1v) is 4.28. The van der Waals surface area contributed by atoms with Crippen LogP contribution in [0.4, 0.5) is 18.9 Å². The number of alkyl halides is 3. The normalized spacial score (nSPS) is 10.7. The van der Waals surface area contributed by atoms with E-state index in [1.54, 1.807) is 0 Å². The van der Waals surface area contributed by atoms with Crippen molar-refractivity contribution >= 4 is 5.69 Å². The predicted octanol–water partition coefficient (Wildman–Crippen LogP) is 2.52. The molecule has 0 amide bonds. The molecule has 0 radical (unpaired) electrons. The number of benzene rings is 1. The van der Waals surface area contributed by atoms with Crippen molar-refractivity contribution in [2.75, 3.05) is 6.61 Å². The van der Waals surface area contributed by atoms with Crippen LogP contribution in [0.1, 0.15) is 5.56 Å². The zero-order valence-corrected chi connectivity index (χ0v) is 8.32. The maximum atomic E-state index is 11.9. The number of nitrogens with zero attached hydrogens (tertiary/aromatic N) is 1. The summed E-state index contributed by atoms with van der Waals surface area (Å²) < 4.78 is 40.1. The Morgan fingerprint density at radius 3 is 2.59 bits per heavy atom. The number of halogens is 3. The van der Waals surface area contributed by atoms with Gasteiger partial charge in [-0.1, -0.05) is 5.92 Å². The third-order valence-electron chi connectivity index (χ3n) is 1.71. The Kier molecular flexibility index (Phi) is 3.58. The fourth-order valence-corrected chi connectivity index (χ4v) is 1.03. The van der Waals surface area contributed by atoms with Crippen LogP contribution in [0.3, 0.4) is 0 Å². The van der Waals surface area contributed by atoms with Gasteiger partial charge >= 0.3 is 11.9 Å². The number of nitro benzene ring substituents is 1. The molecule has 0 heterocycles. The molecule has 90 valence electrons. The molecule has 0 unspecified atom stereocenters. The molecule has 0 aliphatic heterocycles. The summed E-state index contributed by atoms with van der Waals surface area (Å²) in [6.07, 6.45) is 0.460. The van der Waals surface area contributed by atoms with Crippen LogP contribution in [-0.2, 0) is 0 Å². The summed E-state index contributed by atoms with van der Waals surface area (Å²) in [7, 11) is 0. The van der Waals surface area contributed by atoms with Gasteiger partial charge in [-0.2, -0.15) is 13.2 Å². The van der Waals surface area contributed by atoms with Crippen LogP contribution in [0.25, 0.3) is 0 Å². The predicted molar refractivity (Wildman–Crippen MR) is 52.6 cm³/mol. The van der Waals surface area contributed by atoms with Gasteiger partial charge in [0.05, 0.1) is 4.92 Å². The Bertz CT molecular complexity index is 477. The topological polar surface area (TPSA) is 52.4 Å². The fourth-order valence-electron chi connectivity index (χ4n) is 1.03. The third-order valence-corrected chi connectivity index (χ3v) is 1.71. The van der Waals surface area contributed by atoms with Gasteiger partial charge in [0.1, 0.15) is 0 Å². The van der Waals surface area contributed by atoms with Crippen molar-refractivity contribution in [1.29, 1.82) is 0 Å². The highest BCUT2D eigenvalue weighted by Gasteiger charge is 2.30. The minimum Gasteiger partial charge on any atom is -0.477 e. The molecule has 0 aliphatic rings. The molecule has 0 fully saturated rings. The fraction of sp³-hybridized carbons (Fsp3) is 0.200. The summed E-state index contributed by atoms with van der Waals surface area (Å²) in [6, 6.07) is 3.27. The van der Waals surface area contributed by atoms with Crippen LogP contribution in [0.2, 0.25) is 0 Å². The molecular formula is C10H6F3NO3. The lowest BCUT2D eigenvalue weighted by atomic mass is 10.2. The Balaban J connectivity index is 3.02. The average molecular weight is 245 g/mol. The van der Waals surface area contributed by atoms with Crippen LogP contribution in [0.5, 0.6) is 5.75 Å². The molecule has 0 aliphatic carbocycles. The number of terminal acetylenes is 1. The molecular weight excluding hydrogens is 239 g/mol. The van der Waals surface area contributed by atoms with Gasteiger partial charge in [0, 0.05) is 17.7 Å². The highest BCUT2D eigenvalue weighted by Crippen LogP contribution is 2.29. The van der Waals surface area contributed by atoms with E-state index in [9.17, 15) is 23.3 Å². The van der Waals surface area contributed by atoms with E-state index >= 15 is 0 Å². The quantitative estimate of drug-likeness (QED) is 0.467. The first kappa shape index (κ1) is 12.8. The van der Waals surface area contributed by atoms with Crippen LogP contribution in [-0.4, -0.2) is 17.7 Å². The number of nitro groups is 1. The molecule has 0 bridgehead atoms. The summed E-state index contributed by atoms with van der Waals surface area (Å²) >= 11 is 0. The lowest BCUT2D eigenvalue weighted by Gasteiger charge is -2.09. The summed E-state index contributed by atoms with van der Waals surface area (Å²) in [6.45, 7) is -1.61. The van der Waals surface area contributed by atoms with Crippen LogP contribution in [0, 0.1) is 22.5 Å². The minimum atomic E-state index is -4.57. The average Bonchev–Trinajstić information content (AvgIpc) is 2.24. The van der Waals surface area contributed by atoms with Gasteiger partial charge in [0.15, 0.2) is 12.4 Å².